The molecular weight excluding hydrogens is 462 g/mol. The standard InChI is InChI=1S/C26H33N5O3S/c1-19-4-12-24(13-5-19)35(33,34)29-26(32)30(2)25-21-8-9-22(25)18-31(17-21)15-3-14-28-23-10-6-20(16-27)7-11-23/h4-7,10-13,21-22,25,28H,3,8-9,14-15,17-18H2,1-2H3,(H,29,32). The fourth-order valence-corrected chi connectivity index (χ4v) is 6.39. The number of anilines is 1. The van der Waals surface area contributed by atoms with Crippen molar-refractivity contribution in [2.75, 3.05) is 38.5 Å². The van der Waals surface area contributed by atoms with Crippen molar-refractivity contribution in [2.45, 2.75) is 37.1 Å². The van der Waals surface area contributed by atoms with Gasteiger partial charge in [0.25, 0.3) is 10.0 Å². The van der Waals surface area contributed by atoms with Crippen molar-refractivity contribution in [1.29, 1.82) is 5.26 Å². The number of amides is 2. The third kappa shape index (κ3) is 5.95. The number of rotatable bonds is 8. The van der Waals surface area contributed by atoms with Crippen LogP contribution in [0.1, 0.15) is 30.4 Å². The molecule has 0 radical (unpaired) electrons. The summed E-state index contributed by atoms with van der Waals surface area (Å²) in [5, 5.41) is 12.3. The first-order valence-electron chi connectivity index (χ1n) is 12.1. The predicted molar refractivity (Wildman–Crippen MR) is 135 cm³/mol. The summed E-state index contributed by atoms with van der Waals surface area (Å²) in [6.07, 6.45) is 3.10. The molecule has 2 bridgehead atoms. The summed E-state index contributed by atoms with van der Waals surface area (Å²) in [6, 6.07) is 15.5. The monoisotopic (exact) mass is 495 g/mol. The van der Waals surface area contributed by atoms with Gasteiger partial charge in [0, 0.05) is 38.4 Å². The van der Waals surface area contributed by atoms with Gasteiger partial charge in [-0.1, -0.05) is 17.7 Å². The number of benzene rings is 2. The van der Waals surface area contributed by atoms with E-state index in [1.807, 2.05) is 31.2 Å². The molecule has 2 N–H and O–H groups in total. The molecule has 1 saturated carbocycles. The van der Waals surface area contributed by atoms with E-state index in [4.69, 9.17) is 5.26 Å². The first-order chi connectivity index (χ1) is 16.8. The van der Waals surface area contributed by atoms with E-state index in [1.165, 1.54) is 12.1 Å². The number of carbonyl (C=O) groups is 1. The molecule has 2 aliphatic rings. The smallest absolute Gasteiger partial charge is 0.331 e. The number of fused-ring (bicyclic) bond motifs is 2. The lowest BCUT2D eigenvalue weighted by Gasteiger charge is -2.42. The molecule has 2 fully saturated rings. The van der Waals surface area contributed by atoms with E-state index in [1.54, 1.807) is 24.1 Å². The molecule has 186 valence electrons. The van der Waals surface area contributed by atoms with Crippen LogP contribution in [0.25, 0.3) is 0 Å². The fraction of sp³-hybridized carbons (Fsp3) is 0.462. The quantitative estimate of drug-likeness (QED) is 0.544. The van der Waals surface area contributed by atoms with E-state index >= 15 is 0 Å². The van der Waals surface area contributed by atoms with Crippen LogP contribution in [0.4, 0.5) is 10.5 Å². The van der Waals surface area contributed by atoms with Gasteiger partial charge >= 0.3 is 6.03 Å². The number of nitriles is 1. The van der Waals surface area contributed by atoms with Gasteiger partial charge in [0.1, 0.15) is 0 Å². The number of likely N-dealkylation sites (tertiary alicyclic amines) is 1. The van der Waals surface area contributed by atoms with E-state index in [0.717, 1.165) is 56.7 Å². The topological polar surface area (TPSA) is 106 Å². The van der Waals surface area contributed by atoms with Crippen LogP contribution in [-0.2, 0) is 10.0 Å². The zero-order chi connectivity index (χ0) is 25.0. The second-order valence-corrected chi connectivity index (χ2v) is 11.3. The average Bonchev–Trinajstić information content (AvgIpc) is 3.11. The van der Waals surface area contributed by atoms with Crippen molar-refractivity contribution >= 4 is 21.7 Å². The average molecular weight is 496 g/mol. The Hall–Kier alpha value is -3.09. The second kappa shape index (κ2) is 10.7. The number of piperidine rings is 1. The Morgan fingerprint density at radius 3 is 2.31 bits per heavy atom. The van der Waals surface area contributed by atoms with Gasteiger partial charge in [0.2, 0.25) is 0 Å². The molecule has 1 aliphatic heterocycles. The lowest BCUT2D eigenvalue weighted by Crippen LogP contribution is -2.55. The first kappa shape index (κ1) is 25.0. The number of hydrogen-bond donors (Lipinski definition) is 2. The van der Waals surface area contributed by atoms with Crippen molar-refractivity contribution in [3.05, 3.63) is 59.7 Å². The fourth-order valence-electron chi connectivity index (χ4n) is 5.40. The van der Waals surface area contributed by atoms with Crippen molar-refractivity contribution in [2.24, 2.45) is 11.8 Å². The first-order valence-corrected chi connectivity index (χ1v) is 13.6. The highest BCUT2D eigenvalue weighted by atomic mass is 32.2. The van der Waals surface area contributed by atoms with Crippen LogP contribution in [-0.4, -0.2) is 63.5 Å². The number of hydrogen-bond acceptors (Lipinski definition) is 6. The minimum Gasteiger partial charge on any atom is -0.385 e. The number of urea groups is 1. The van der Waals surface area contributed by atoms with E-state index in [9.17, 15) is 13.2 Å². The van der Waals surface area contributed by atoms with Gasteiger partial charge in [-0.25, -0.2) is 17.9 Å². The van der Waals surface area contributed by atoms with Crippen LogP contribution < -0.4 is 10.0 Å². The number of nitrogens with one attached hydrogen (secondary N) is 2. The number of sulfonamides is 1. The normalized spacial score (nSPS) is 21.8. The van der Waals surface area contributed by atoms with E-state index in [0.29, 0.717) is 17.4 Å². The van der Waals surface area contributed by atoms with Crippen molar-refractivity contribution in [3.63, 3.8) is 0 Å². The van der Waals surface area contributed by atoms with Gasteiger partial charge in [-0.05, 0) is 81.0 Å². The van der Waals surface area contributed by atoms with Gasteiger partial charge in [-0.3, -0.25) is 0 Å². The predicted octanol–water partition coefficient (Wildman–Crippen LogP) is 3.41. The van der Waals surface area contributed by atoms with Gasteiger partial charge in [-0.2, -0.15) is 5.26 Å². The van der Waals surface area contributed by atoms with Crippen LogP contribution in [0.15, 0.2) is 53.4 Å². The molecule has 0 aromatic heterocycles. The SMILES string of the molecule is Cc1ccc(S(=O)(=O)NC(=O)N(C)C2C3CCC2CN(CCCNc2ccc(C#N)cc2)C3)cc1. The summed E-state index contributed by atoms with van der Waals surface area (Å²) in [4.78, 5) is 17.1. The highest BCUT2D eigenvalue weighted by Gasteiger charge is 2.45. The molecule has 4 rings (SSSR count). The molecule has 2 aromatic carbocycles. The van der Waals surface area contributed by atoms with E-state index < -0.39 is 16.1 Å². The Labute approximate surface area is 208 Å². The number of carbonyl (C=O) groups excluding carboxylic acids is 1. The Morgan fingerprint density at radius 2 is 1.71 bits per heavy atom. The summed E-state index contributed by atoms with van der Waals surface area (Å²) in [6.45, 7) is 5.54. The zero-order valence-electron chi connectivity index (χ0n) is 20.3. The minimum absolute atomic E-state index is 0.0521. The third-order valence-electron chi connectivity index (χ3n) is 7.17. The second-order valence-electron chi connectivity index (χ2n) is 9.65. The van der Waals surface area contributed by atoms with Crippen molar-refractivity contribution in [1.82, 2.24) is 14.5 Å². The molecule has 35 heavy (non-hydrogen) atoms. The molecule has 1 saturated heterocycles. The highest BCUT2D eigenvalue weighted by Crippen LogP contribution is 2.39. The molecular formula is C26H33N5O3S. The van der Waals surface area contributed by atoms with Gasteiger partial charge < -0.3 is 15.1 Å². The van der Waals surface area contributed by atoms with E-state index in [2.05, 4.69) is 21.0 Å². The molecule has 2 atom stereocenters. The molecule has 9 heteroatoms. The summed E-state index contributed by atoms with van der Waals surface area (Å²) in [5.74, 6) is 0.691. The zero-order valence-corrected chi connectivity index (χ0v) is 21.1. The third-order valence-corrected chi connectivity index (χ3v) is 8.51. The molecule has 1 aliphatic carbocycles. The largest absolute Gasteiger partial charge is 0.385 e. The maximum Gasteiger partial charge on any atom is 0.331 e. The van der Waals surface area contributed by atoms with Gasteiger partial charge in [0.15, 0.2) is 0 Å². The molecule has 0 spiro atoms. The Morgan fingerprint density at radius 1 is 1.09 bits per heavy atom. The van der Waals surface area contributed by atoms with Gasteiger partial charge in [0.05, 0.1) is 16.5 Å². The summed E-state index contributed by atoms with van der Waals surface area (Å²) < 4.78 is 27.6. The Balaban J connectivity index is 1.26. The molecule has 2 aromatic rings. The number of aryl methyl sites for hydroxylation is 1. The summed E-state index contributed by atoms with van der Waals surface area (Å²) >= 11 is 0. The minimum atomic E-state index is -3.90. The van der Waals surface area contributed by atoms with Gasteiger partial charge in [-0.15, -0.1) is 0 Å². The Bertz CT molecular complexity index is 1160. The molecule has 8 nitrogen and oxygen atoms in total. The lowest BCUT2D eigenvalue weighted by molar-refractivity contribution is 0.0782. The van der Waals surface area contributed by atoms with Crippen LogP contribution in [0.5, 0.6) is 0 Å². The van der Waals surface area contributed by atoms with Crippen LogP contribution in [0, 0.1) is 30.1 Å². The highest BCUT2D eigenvalue weighted by molar-refractivity contribution is 7.90. The summed E-state index contributed by atoms with van der Waals surface area (Å²) in [5.41, 5.74) is 2.62. The molecule has 2 unspecified atom stereocenters. The maximum absolute atomic E-state index is 12.9. The van der Waals surface area contributed by atoms with Crippen LogP contribution >= 0.6 is 0 Å². The van der Waals surface area contributed by atoms with Crippen LogP contribution in [0.3, 0.4) is 0 Å². The maximum atomic E-state index is 12.9. The van der Waals surface area contributed by atoms with E-state index in [-0.39, 0.29) is 10.9 Å². The van der Waals surface area contributed by atoms with Crippen molar-refractivity contribution < 1.29 is 13.2 Å². The molecule has 1 heterocycles. The van der Waals surface area contributed by atoms with Crippen molar-refractivity contribution in [3.8, 4) is 6.07 Å². The lowest BCUT2D eigenvalue weighted by atomic mass is 9.91. The van der Waals surface area contributed by atoms with Crippen LogP contribution in [0.2, 0.25) is 0 Å². The molecule has 2 amide bonds. The Kier molecular flexibility index (Phi) is 7.63. The summed E-state index contributed by atoms with van der Waals surface area (Å²) in [7, 11) is -2.19. The number of nitrogens with zero attached hydrogens (tertiary/aromatic N) is 3.